The van der Waals surface area contributed by atoms with Gasteiger partial charge in [-0.25, -0.2) is 4.39 Å². The van der Waals surface area contributed by atoms with Gasteiger partial charge in [0.15, 0.2) is 0 Å². The molecule has 2 rings (SSSR count). The average Bonchev–Trinajstić information content (AvgIpc) is 2.33. The molecule has 0 bridgehead atoms. The van der Waals surface area contributed by atoms with Gasteiger partial charge in [-0.2, -0.15) is 0 Å². The van der Waals surface area contributed by atoms with Crippen LogP contribution >= 0.6 is 0 Å². The molecule has 1 heterocycles. The topological polar surface area (TPSA) is 21.3 Å². The van der Waals surface area contributed by atoms with Crippen LogP contribution in [0.5, 0.6) is 0 Å². The average molecular weight is 251 g/mol. The zero-order valence-electron chi connectivity index (χ0n) is 11.0. The van der Waals surface area contributed by atoms with Gasteiger partial charge in [-0.05, 0) is 30.5 Å². The SMILES string of the molecule is CCCCOCCC1(c2ccc(F)cc2)CNC1. The lowest BCUT2D eigenvalue weighted by Crippen LogP contribution is -2.57. The van der Waals surface area contributed by atoms with Gasteiger partial charge in [0, 0.05) is 31.7 Å². The number of hydrogen-bond donors (Lipinski definition) is 1. The van der Waals surface area contributed by atoms with Crippen LogP contribution < -0.4 is 5.32 Å². The van der Waals surface area contributed by atoms with Crippen LogP contribution in [-0.2, 0) is 10.2 Å². The number of nitrogens with one attached hydrogen (secondary N) is 1. The lowest BCUT2D eigenvalue weighted by atomic mass is 9.73. The molecule has 1 aromatic carbocycles. The molecule has 1 fully saturated rings. The lowest BCUT2D eigenvalue weighted by molar-refractivity contribution is 0.0973. The van der Waals surface area contributed by atoms with Gasteiger partial charge in [0.25, 0.3) is 0 Å². The Hall–Kier alpha value is -0.930. The highest BCUT2D eigenvalue weighted by Crippen LogP contribution is 2.32. The van der Waals surface area contributed by atoms with Crippen molar-refractivity contribution in [1.82, 2.24) is 5.32 Å². The second-order valence-corrected chi connectivity index (χ2v) is 5.11. The molecule has 0 aliphatic carbocycles. The van der Waals surface area contributed by atoms with Crippen LogP contribution in [0.3, 0.4) is 0 Å². The van der Waals surface area contributed by atoms with Crippen LogP contribution in [0.25, 0.3) is 0 Å². The molecule has 0 unspecified atom stereocenters. The molecule has 1 aromatic rings. The van der Waals surface area contributed by atoms with Crippen molar-refractivity contribution in [3.8, 4) is 0 Å². The summed E-state index contributed by atoms with van der Waals surface area (Å²) in [6.45, 7) is 5.74. The van der Waals surface area contributed by atoms with Crippen molar-refractivity contribution < 1.29 is 9.13 Å². The van der Waals surface area contributed by atoms with Crippen molar-refractivity contribution in [1.29, 1.82) is 0 Å². The van der Waals surface area contributed by atoms with Gasteiger partial charge in [-0.15, -0.1) is 0 Å². The molecule has 3 heteroatoms. The van der Waals surface area contributed by atoms with Crippen LogP contribution in [0, 0.1) is 5.82 Å². The number of halogens is 1. The van der Waals surface area contributed by atoms with E-state index in [-0.39, 0.29) is 11.2 Å². The molecule has 2 nitrogen and oxygen atoms in total. The minimum atomic E-state index is -0.166. The predicted octanol–water partition coefficient (Wildman–Crippen LogP) is 2.87. The third-order valence-corrected chi connectivity index (χ3v) is 3.75. The lowest BCUT2D eigenvalue weighted by Gasteiger charge is -2.43. The summed E-state index contributed by atoms with van der Waals surface area (Å²) in [5.74, 6) is -0.166. The smallest absolute Gasteiger partial charge is 0.123 e. The van der Waals surface area contributed by atoms with E-state index in [1.807, 2.05) is 12.1 Å². The van der Waals surface area contributed by atoms with Crippen LogP contribution in [0.4, 0.5) is 4.39 Å². The van der Waals surface area contributed by atoms with E-state index in [1.165, 1.54) is 12.0 Å². The first kappa shape index (κ1) is 13.5. The Morgan fingerprint density at radius 2 is 1.94 bits per heavy atom. The maximum atomic E-state index is 12.9. The highest BCUT2D eigenvalue weighted by atomic mass is 19.1. The minimum absolute atomic E-state index is 0.153. The largest absolute Gasteiger partial charge is 0.381 e. The fourth-order valence-corrected chi connectivity index (χ4v) is 2.37. The first-order chi connectivity index (χ1) is 8.77. The van der Waals surface area contributed by atoms with Crippen molar-refractivity contribution in [3.05, 3.63) is 35.6 Å². The monoisotopic (exact) mass is 251 g/mol. The highest BCUT2D eigenvalue weighted by Gasteiger charge is 2.38. The van der Waals surface area contributed by atoms with E-state index in [1.54, 1.807) is 12.1 Å². The van der Waals surface area contributed by atoms with Gasteiger partial charge in [0.2, 0.25) is 0 Å². The molecule has 1 saturated heterocycles. The fraction of sp³-hybridized carbons (Fsp3) is 0.600. The van der Waals surface area contributed by atoms with Crippen molar-refractivity contribution in [2.75, 3.05) is 26.3 Å². The van der Waals surface area contributed by atoms with E-state index >= 15 is 0 Å². The number of hydrogen-bond acceptors (Lipinski definition) is 2. The van der Waals surface area contributed by atoms with Crippen LogP contribution in [0.15, 0.2) is 24.3 Å². The van der Waals surface area contributed by atoms with Gasteiger partial charge in [0.1, 0.15) is 5.82 Å². The van der Waals surface area contributed by atoms with Gasteiger partial charge >= 0.3 is 0 Å². The molecule has 18 heavy (non-hydrogen) atoms. The minimum Gasteiger partial charge on any atom is -0.381 e. The van der Waals surface area contributed by atoms with Crippen LogP contribution in [0.1, 0.15) is 31.7 Å². The van der Waals surface area contributed by atoms with E-state index in [2.05, 4.69) is 12.2 Å². The third-order valence-electron chi connectivity index (χ3n) is 3.75. The Balaban J connectivity index is 1.88. The van der Waals surface area contributed by atoms with Crippen molar-refractivity contribution in [2.45, 2.75) is 31.6 Å². The Labute approximate surface area is 109 Å². The molecule has 0 saturated carbocycles. The summed E-state index contributed by atoms with van der Waals surface area (Å²) in [7, 11) is 0. The zero-order valence-corrected chi connectivity index (χ0v) is 11.0. The normalized spacial score (nSPS) is 17.4. The van der Waals surface area contributed by atoms with E-state index in [4.69, 9.17) is 4.74 Å². The number of rotatable bonds is 7. The van der Waals surface area contributed by atoms with Crippen molar-refractivity contribution in [3.63, 3.8) is 0 Å². The zero-order chi connectivity index (χ0) is 12.8. The van der Waals surface area contributed by atoms with Gasteiger partial charge < -0.3 is 10.1 Å². The second kappa shape index (κ2) is 6.30. The number of benzene rings is 1. The first-order valence-corrected chi connectivity index (χ1v) is 6.81. The molecular weight excluding hydrogens is 229 g/mol. The van der Waals surface area contributed by atoms with E-state index in [0.29, 0.717) is 0 Å². The maximum absolute atomic E-state index is 12.9. The van der Waals surface area contributed by atoms with Gasteiger partial charge in [-0.3, -0.25) is 0 Å². The Morgan fingerprint density at radius 1 is 1.22 bits per heavy atom. The highest BCUT2D eigenvalue weighted by molar-refractivity contribution is 5.30. The molecule has 0 amide bonds. The number of unbranched alkanes of at least 4 members (excludes halogenated alkanes) is 1. The van der Waals surface area contributed by atoms with E-state index in [9.17, 15) is 4.39 Å². The number of ether oxygens (including phenoxy) is 1. The molecule has 1 aliphatic heterocycles. The maximum Gasteiger partial charge on any atom is 0.123 e. The molecule has 0 aromatic heterocycles. The standard InChI is InChI=1S/C15H22FNO/c1-2-3-9-18-10-8-15(11-17-12-15)13-4-6-14(16)7-5-13/h4-7,17H,2-3,8-12H2,1H3. The molecule has 1 aliphatic rings. The molecular formula is C15H22FNO. The molecule has 1 N–H and O–H groups in total. The Bertz CT molecular complexity index is 359. The third kappa shape index (κ3) is 3.09. The Kier molecular flexibility index (Phi) is 4.72. The van der Waals surface area contributed by atoms with Gasteiger partial charge in [-0.1, -0.05) is 25.5 Å². The Morgan fingerprint density at radius 3 is 2.50 bits per heavy atom. The summed E-state index contributed by atoms with van der Waals surface area (Å²) in [6, 6.07) is 6.91. The summed E-state index contributed by atoms with van der Waals surface area (Å²) in [4.78, 5) is 0. The summed E-state index contributed by atoms with van der Waals surface area (Å²) < 4.78 is 18.6. The van der Waals surface area contributed by atoms with Crippen molar-refractivity contribution >= 4 is 0 Å². The van der Waals surface area contributed by atoms with Crippen molar-refractivity contribution in [2.24, 2.45) is 0 Å². The van der Waals surface area contributed by atoms with E-state index in [0.717, 1.165) is 39.1 Å². The van der Waals surface area contributed by atoms with Crippen LogP contribution in [0.2, 0.25) is 0 Å². The molecule has 0 radical (unpaired) electrons. The second-order valence-electron chi connectivity index (χ2n) is 5.11. The van der Waals surface area contributed by atoms with Crippen LogP contribution in [-0.4, -0.2) is 26.3 Å². The summed E-state index contributed by atoms with van der Waals surface area (Å²) >= 11 is 0. The fourth-order valence-electron chi connectivity index (χ4n) is 2.37. The predicted molar refractivity (Wildman–Crippen MR) is 71.3 cm³/mol. The molecule has 100 valence electrons. The molecule has 0 atom stereocenters. The van der Waals surface area contributed by atoms with Gasteiger partial charge in [0.05, 0.1) is 0 Å². The summed E-state index contributed by atoms with van der Waals surface area (Å²) in [5, 5.41) is 3.32. The molecule has 0 spiro atoms. The first-order valence-electron chi connectivity index (χ1n) is 6.81. The van der Waals surface area contributed by atoms with E-state index < -0.39 is 0 Å². The quantitative estimate of drug-likeness (QED) is 0.752. The summed E-state index contributed by atoms with van der Waals surface area (Å²) in [6.07, 6.45) is 3.31. The summed E-state index contributed by atoms with van der Waals surface area (Å²) in [5.41, 5.74) is 1.38.